The molecule has 0 radical (unpaired) electrons. The first-order valence-corrected chi connectivity index (χ1v) is 12.3. The minimum Gasteiger partial charge on any atom is -0.457 e. The fourth-order valence-electron chi connectivity index (χ4n) is 3.36. The van der Waals surface area contributed by atoms with Crippen molar-refractivity contribution < 1.29 is 23.9 Å². The highest BCUT2D eigenvalue weighted by Crippen LogP contribution is 2.20. The van der Waals surface area contributed by atoms with Crippen LogP contribution in [0.25, 0.3) is 0 Å². The fourth-order valence-corrected chi connectivity index (χ4v) is 4.75. The third-order valence-electron chi connectivity index (χ3n) is 5.16. The summed E-state index contributed by atoms with van der Waals surface area (Å²) in [6.07, 6.45) is 0.136. The number of aryl methyl sites for hydroxylation is 1. The van der Waals surface area contributed by atoms with Gasteiger partial charge in [-0.25, -0.2) is 0 Å². The summed E-state index contributed by atoms with van der Waals surface area (Å²) < 4.78 is 7.17. The van der Waals surface area contributed by atoms with Gasteiger partial charge >= 0.3 is 5.97 Å². The SMILES string of the molecule is Cc1cc(C(=O)COC(=O)CCNC(=O)CCC(=O)c2cccs2)c(C)n1Cc1cccs1. The molecular weight excluding hydrogens is 460 g/mol. The minimum atomic E-state index is -0.564. The molecule has 0 aliphatic carbocycles. The second-order valence-electron chi connectivity index (χ2n) is 7.53. The maximum absolute atomic E-state index is 12.6. The second kappa shape index (κ2) is 11.7. The Hall–Kier alpha value is -3.04. The van der Waals surface area contributed by atoms with Crippen molar-refractivity contribution in [1.29, 1.82) is 0 Å². The average Bonchev–Trinajstić information content (AvgIpc) is 3.55. The molecule has 7 nitrogen and oxygen atoms in total. The van der Waals surface area contributed by atoms with Crippen LogP contribution in [0.15, 0.2) is 41.1 Å². The van der Waals surface area contributed by atoms with Crippen molar-refractivity contribution >= 4 is 46.1 Å². The molecule has 9 heteroatoms. The zero-order valence-electron chi connectivity index (χ0n) is 18.6. The summed E-state index contributed by atoms with van der Waals surface area (Å²) in [5.74, 6) is -1.20. The monoisotopic (exact) mass is 486 g/mol. The zero-order valence-corrected chi connectivity index (χ0v) is 20.2. The molecule has 3 rings (SSSR count). The van der Waals surface area contributed by atoms with Crippen molar-refractivity contribution in [2.24, 2.45) is 0 Å². The first-order valence-electron chi connectivity index (χ1n) is 10.6. The van der Waals surface area contributed by atoms with Crippen molar-refractivity contribution in [2.45, 2.75) is 39.7 Å². The number of Topliss-reactive ketones (excluding diaryl/α,β-unsaturated/α-hetero) is 2. The van der Waals surface area contributed by atoms with Crippen molar-refractivity contribution in [1.82, 2.24) is 9.88 Å². The Morgan fingerprint density at radius 2 is 1.73 bits per heavy atom. The molecule has 3 aromatic rings. The lowest BCUT2D eigenvalue weighted by Gasteiger charge is -2.09. The number of ketones is 2. The van der Waals surface area contributed by atoms with Gasteiger partial charge in [0.05, 0.1) is 17.8 Å². The highest BCUT2D eigenvalue weighted by atomic mass is 32.1. The Morgan fingerprint density at radius 1 is 0.970 bits per heavy atom. The molecule has 3 aromatic heterocycles. The van der Waals surface area contributed by atoms with E-state index in [1.54, 1.807) is 23.5 Å². The molecule has 1 N–H and O–H groups in total. The molecule has 0 fully saturated rings. The Bertz CT molecular complexity index is 1110. The number of rotatable bonds is 12. The predicted molar refractivity (Wildman–Crippen MR) is 128 cm³/mol. The first kappa shape index (κ1) is 24.6. The maximum Gasteiger partial charge on any atom is 0.308 e. The molecule has 0 aromatic carbocycles. The maximum atomic E-state index is 12.6. The molecule has 0 bridgehead atoms. The molecule has 0 spiro atoms. The van der Waals surface area contributed by atoms with Crippen molar-refractivity contribution in [3.63, 3.8) is 0 Å². The Kier molecular flexibility index (Phi) is 8.73. The fraction of sp³-hybridized carbons (Fsp3) is 0.333. The van der Waals surface area contributed by atoms with Gasteiger partial charge in [-0.3, -0.25) is 19.2 Å². The third kappa shape index (κ3) is 6.97. The number of nitrogens with one attached hydrogen (secondary N) is 1. The van der Waals surface area contributed by atoms with Crippen LogP contribution in [0.2, 0.25) is 0 Å². The van der Waals surface area contributed by atoms with E-state index >= 15 is 0 Å². The number of carbonyl (C=O) groups is 4. The van der Waals surface area contributed by atoms with Gasteiger partial charge in [0.2, 0.25) is 11.7 Å². The highest BCUT2D eigenvalue weighted by molar-refractivity contribution is 7.12. The van der Waals surface area contributed by atoms with Gasteiger partial charge in [0, 0.05) is 41.2 Å². The normalized spacial score (nSPS) is 10.7. The number of esters is 1. The minimum absolute atomic E-state index is 0.0463. The summed E-state index contributed by atoms with van der Waals surface area (Å²) in [6, 6.07) is 9.37. The van der Waals surface area contributed by atoms with Gasteiger partial charge in [-0.05, 0) is 42.8 Å². The third-order valence-corrected chi connectivity index (χ3v) is 6.93. The summed E-state index contributed by atoms with van der Waals surface area (Å²) in [6.45, 7) is 4.27. The largest absolute Gasteiger partial charge is 0.457 e. The van der Waals surface area contributed by atoms with Crippen LogP contribution in [-0.4, -0.2) is 41.2 Å². The average molecular weight is 487 g/mol. The van der Waals surface area contributed by atoms with Gasteiger partial charge in [0.1, 0.15) is 0 Å². The van der Waals surface area contributed by atoms with Crippen molar-refractivity contribution in [3.05, 3.63) is 67.8 Å². The lowest BCUT2D eigenvalue weighted by atomic mass is 10.1. The van der Waals surface area contributed by atoms with E-state index in [4.69, 9.17) is 4.74 Å². The Morgan fingerprint density at radius 3 is 2.42 bits per heavy atom. The molecular formula is C24H26N2O5S2. The summed E-state index contributed by atoms with van der Waals surface area (Å²) in [4.78, 5) is 50.1. The van der Waals surface area contributed by atoms with E-state index in [9.17, 15) is 19.2 Å². The van der Waals surface area contributed by atoms with Crippen molar-refractivity contribution in [2.75, 3.05) is 13.2 Å². The van der Waals surface area contributed by atoms with Crippen LogP contribution in [0.4, 0.5) is 0 Å². The summed E-state index contributed by atoms with van der Waals surface area (Å²) >= 11 is 3.00. The number of carbonyl (C=O) groups excluding carboxylic acids is 4. The van der Waals surface area contributed by atoms with Crippen molar-refractivity contribution in [3.8, 4) is 0 Å². The molecule has 0 unspecified atom stereocenters. The van der Waals surface area contributed by atoms with Crippen LogP contribution in [0, 0.1) is 13.8 Å². The van der Waals surface area contributed by atoms with E-state index in [1.165, 1.54) is 16.2 Å². The molecule has 0 saturated carbocycles. The molecule has 3 heterocycles. The molecule has 0 atom stereocenters. The highest BCUT2D eigenvalue weighted by Gasteiger charge is 2.18. The molecule has 174 valence electrons. The van der Waals surface area contributed by atoms with E-state index in [1.807, 2.05) is 42.8 Å². The zero-order chi connectivity index (χ0) is 23.8. The number of ether oxygens (including phenoxy) is 1. The number of nitrogens with zero attached hydrogens (tertiary/aromatic N) is 1. The summed E-state index contributed by atoms with van der Waals surface area (Å²) in [7, 11) is 0. The van der Waals surface area contributed by atoms with E-state index in [-0.39, 0.29) is 49.9 Å². The first-order chi connectivity index (χ1) is 15.8. The molecule has 33 heavy (non-hydrogen) atoms. The van der Waals surface area contributed by atoms with Crippen LogP contribution in [0.5, 0.6) is 0 Å². The number of thiophene rings is 2. The number of amides is 1. The standard InChI is InChI=1S/C24H26N2O5S2/c1-16-13-19(17(2)26(16)14-18-5-3-11-32-18)21(28)15-31-24(30)9-10-25-23(29)8-7-20(27)22-6-4-12-33-22/h3-6,11-13H,7-10,14-15H2,1-2H3,(H,25,29). The van der Waals surface area contributed by atoms with E-state index in [2.05, 4.69) is 9.88 Å². The van der Waals surface area contributed by atoms with Crippen LogP contribution < -0.4 is 5.32 Å². The van der Waals surface area contributed by atoms with Gasteiger partial charge in [0.25, 0.3) is 0 Å². The van der Waals surface area contributed by atoms with Gasteiger partial charge in [-0.15, -0.1) is 22.7 Å². The Balaban J connectivity index is 1.38. The number of hydrogen-bond acceptors (Lipinski definition) is 7. The number of hydrogen-bond donors (Lipinski definition) is 1. The lowest BCUT2D eigenvalue weighted by Crippen LogP contribution is -2.27. The summed E-state index contributed by atoms with van der Waals surface area (Å²) in [5.41, 5.74) is 2.35. The van der Waals surface area contributed by atoms with E-state index < -0.39 is 5.97 Å². The van der Waals surface area contributed by atoms with Crippen LogP contribution in [-0.2, 0) is 20.9 Å². The van der Waals surface area contributed by atoms with Crippen LogP contribution >= 0.6 is 22.7 Å². The van der Waals surface area contributed by atoms with Crippen LogP contribution in [0.1, 0.15) is 55.6 Å². The van der Waals surface area contributed by atoms with Gasteiger partial charge < -0.3 is 14.6 Å². The van der Waals surface area contributed by atoms with E-state index in [0.717, 1.165) is 11.4 Å². The number of aromatic nitrogens is 1. The van der Waals surface area contributed by atoms with Gasteiger partial charge in [-0.2, -0.15) is 0 Å². The van der Waals surface area contributed by atoms with Gasteiger partial charge in [0.15, 0.2) is 12.4 Å². The van der Waals surface area contributed by atoms with Crippen LogP contribution in [0.3, 0.4) is 0 Å². The Labute approximate surface area is 200 Å². The lowest BCUT2D eigenvalue weighted by molar-refractivity contribution is -0.142. The topological polar surface area (TPSA) is 94.5 Å². The quantitative estimate of drug-likeness (QED) is 0.306. The molecule has 1 amide bonds. The second-order valence-corrected chi connectivity index (χ2v) is 9.51. The van der Waals surface area contributed by atoms with E-state index in [0.29, 0.717) is 17.0 Å². The van der Waals surface area contributed by atoms with Gasteiger partial charge in [-0.1, -0.05) is 12.1 Å². The molecule has 0 aliphatic rings. The summed E-state index contributed by atoms with van der Waals surface area (Å²) in [5, 5.41) is 6.43. The predicted octanol–water partition coefficient (Wildman–Crippen LogP) is 4.17. The smallest absolute Gasteiger partial charge is 0.308 e. The molecule has 0 aliphatic heterocycles. The molecule has 0 saturated heterocycles.